The molecule has 0 bridgehead atoms. The predicted octanol–water partition coefficient (Wildman–Crippen LogP) is 1.42. The van der Waals surface area contributed by atoms with E-state index in [-0.39, 0.29) is 5.92 Å². The third-order valence-corrected chi connectivity index (χ3v) is 3.59. The molecule has 0 aromatic rings. The molecule has 0 spiro atoms. The molecule has 0 amide bonds. The maximum atomic E-state index is 11.1. The lowest BCUT2D eigenvalue weighted by atomic mass is 9.79. The highest BCUT2D eigenvalue weighted by atomic mass is 16.4. The molecule has 1 fully saturated rings. The van der Waals surface area contributed by atoms with Gasteiger partial charge in [-0.1, -0.05) is 12.8 Å². The van der Waals surface area contributed by atoms with Gasteiger partial charge in [0.1, 0.15) is 0 Å². The van der Waals surface area contributed by atoms with Gasteiger partial charge in [-0.05, 0) is 58.9 Å². The van der Waals surface area contributed by atoms with Crippen LogP contribution in [0.3, 0.4) is 0 Å². The molecule has 0 radical (unpaired) electrons. The standard InChI is InChI=1S/C13H26N2O2/c1-15(2)9-5-8-14-10-11-6-3-4-7-12(11)13(16)17/h11-12,14H,3-10H2,1-2H3,(H,16,17). The molecular formula is C13H26N2O2. The number of hydrogen-bond donors (Lipinski definition) is 2. The summed E-state index contributed by atoms with van der Waals surface area (Å²) in [6.45, 7) is 2.94. The van der Waals surface area contributed by atoms with Crippen molar-refractivity contribution in [3.05, 3.63) is 0 Å². The van der Waals surface area contributed by atoms with Gasteiger partial charge in [-0.25, -0.2) is 0 Å². The summed E-state index contributed by atoms with van der Waals surface area (Å²) in [6.07, 6.45) is 5.32. The first-order valence-electron chi connectivity index (χ1n) is 6.69. The monoisotopic (exact) mass is 242 g/mol. The molecule has 0 aromatic carbocycles. The van der Waals surface area contributed by atoms with Gasteiger partial charge < -0.3 is 15.3 Å². The van der Waals surface area contributed by atoms with E-state index in [1.165, 1.54) is 6.42 Å². The zero-order valence-corrected chi connectivity index (χ0v) is 11.1. The molecule has 1 rings (SSSR count). The predicted molar refractivity (Wildman–Crippen MR) is 69.1 cm³/mol. The second kappa shape index (κ2) is 7.67. The molecule has 4 nitrogen and oxygen atoms in total. The van der Waals surface area contributed by atoms with E-state index in [1.807, 2.05) is 0 Å². The summed E-state index contributed by atoms with van der Waals surface area (Å²) < 4.78 is 0. The SMILES string of the molecule is CN(C)CCCNCC1CCCCC1C(=O)O. The molecule has 0 aliphatic heterocycles. The summed E-state index contributed by atoms with van der Waals surface area (Å²) in [5.41, 5.74) is 0. The van der Waals surface area contributed by atoms with E-state index in [2.05, 4.69) is 24.3 Å². The zero-order chi connectivity index (χ0) is 12.7. The fourth-order valence-electron chi connectivity index (χ4n) is 2.58. The Kier molecular flexibility index (Phi) is 6.52. The third kappa shape index (κ3) is 5.50. The fraction of sp³-hybridized carbons (Fsp3) is 0.923. The summed E-state index contributed by atoms with van der Waals surface area (Å²) >= 11 is 0. The van der Waals surface area contributed by atoms with E-state index in [1.54, 1.807) is 0 Å². The Bertz CT molecular complexity index is 231. The van der Waals surface area contributed by atoms with E-state index in [4.69, 9.17) is 5.11 Å². The van der Waals surface area contributed by atoms with Crippen LogP contribution in [0.4, 0.5) is 0 Å². The van der Waals surface area contributed by atoms with Crippen LogP contribution < -0.4 is 5.32 Å². The van der Waals surface area contributed by atoms with Crippen LogP contribution in [0.25, 0.3) is 0 Å². The summed E-state index contributed by atoms with van der Waals surface area (Å²) in [6, 6.07) is 0. The maximum Gasteiger partial charge on any atom is 0.306 e. The lowest BCUT2D eigenvalue weighted by Gasteiger charge is -2.28. The Balaban J connectivity index is 2.17. The Hall–Kier alpha value is -0.610. The number of aliphatic carboxylic acids is 1. The quantitative estimate of drug-likeness (QED) is 0.663. The van der Waals surface area contributed by atoms with Crippen LogP contribution in [0, 0.1) is 11.8 Å². The molecule has 2 N–H and O–H groups in total. The van der Waals surface area contributed by atoms with Crippen LogP contribution in [0.15, 0.2) is 0 Å². The number of hydrogen-bond acceptors (Lipinski definition) is 3. The Labute approximate surface area is 104 Å². The lowest BCUT2D eigenvalue weighted by molar-refractivity contribution is -0.144. The minimum atomic E-state index is -0.607. The second-order valence-corrected chi connectivity index (χ2v) is 5.35. The lowest BCUT2D eigenvalue weighted by Crippen LogP contribution is -2.35. The summed E-state index contributed by atoms with van der Waals surface area (Å²) in [5.74, 6) is -0.393. The van der Waals surface area contributed by atoms with Crippen molar-refractivity contribution in [1.29, 1.82) is 0 Å². The molecule has 0 saturated heterocycles. The van der Waals surface area contributed by atoms with Crippen LogP contribution in [-0.4, -0.2) is 49.7 Å². The number of nitrogens with zero attached hydrogens (tertiary/aromatic N) is 1. The Morgan fingerprint density at radius 2 is 2.06 bits per heavy atom. The average molecular weight is 242 g/mol. The number of carboxylic acids is 1. The average Bonchev–Trinajstić information content (AvgIpc) is 2.28. The zero-order valence-electron chi connectivity index (χ0n) is 11.1. The van der Waals surface area contributed by atoms with E-state index in [0.29, 0.717) is 5.92 Å². The van der Waals surface area contributed by atoms with E-state index in [0.717, 1.165) is 45.3 Å². The first-order chi connectivity index (χ1) is 8.11. The highest BCUT2D eigenvalue weighted by Crippen LogP contribution is 2.29. The molecule has 4 heteroatoms. The minimum Gasteiger partial charge on any atom is -0.481 e. The van der Waals surface area contributed by atoms with Crippen LogP contribution in [0.1, 0.15) is 32.1 Å². The van der Waals surface area contributed by atoms with Crippen LogP contribution >= 0.6 is 0 Å². The molecule has 2 unspecified atom stereocenters. The van der Waals surface area contributed by atoms with E-state index in [9.17, 15) is 4.79 Å². The summed E-state index contributed by atoms with van der Waals surface area (Å²) in [4.78, 5) is 13.3. The highest BCUT2D eigenvalue weighted by molar-refractivity contribution is 5.70. The third-order valence-electron chi connectivity index (χ3n) is 3.59. The molecule has 1 aliphatic rings. The number of nitrogens with one attached hydrogen (secondary N) is 1. The van der Waals surface area contributed by atoms with Gasteiger partial charge in [-0.15, -0.1) is 0 Å². The first-order valence-corrected chi connectivity index (χ1v) is 6.69. The molecule has 1 aliphatic carbocycles. The minimum absolute atomic E-state index is 0.120. The highest BCUT2D eigenvalue weighted by Gasteiger charge is 2.30. The van der Waals surface area contributed by atoms with Gasteiger partial charge in [0, 0.05) is 0 Å². The molecule has 100 valence electrons. The number of carboxylic acid groups (broad SMARTS) is 1. The van der Waals surface area contributed by atoms with Crippen LogP contribution in [-0.2, 0) is 4.79 Å². The maximum absolute atomic E-state index is 11.1. The molecule has 1 saturated carbocycles. The molecular weight excluding hydrogens is 216 g/mol. The van der Waals surface area contributed by atoms with Crippen molar-refractivity contribution >= 4 is 5.97 Å². The van der Waals surface area contributed by atoms with Gasteiger partial charge in [-0.3, -0.25) is 4.79 Å². The van der Waals surface area contributed by atoms with Crippen molar-refractivity contribution in [2.75, 3.05) is 33.7 Å². The second-order valence-electron chi connectivity index (χ2n) is 5.35. The normalized spacial score (nSPS) is 25.1. The smallest absolute Gasteiger partial charge is 0.306 e. The summed E-state index contributed by atoms with van der Waals surface area (Å²) in [7, 11) is 4.14. The fourth-order valence-corrected chi connectivity index (χ4v) is 2.58. The number of rotatable bonds is 7. The number of carbonyl (C=O) groups is 1. The molecule has 0 heterocycles. The van der Waals surface area contributed by atoms with Gasteiger partial charge in [0.2, 0.25) is 0 Å². The van der Waals surface area contributed by atoms with Crippen molar-refractivity contribution in [2.24, 2.45) is 11.8 Å². The van der Waals surface area contributed by atoms with Gasteiger partial charge in [0.15, 0.2) is 0 Å². The summed E-state index contributed by atoms with van der Waals surface area (Å²) in [5, 5.41) is 12.6. The van der Waals surface area contributed by atoms with Crippen molar-refractivity contribution < 1.29 is 9.90 Å². The Morgan fingerprint density at radius 1 is 1.35 bits per heavy atom. The van der Waals surface area contributed by atoms with Crippen molar-refractivity contribution in [1.82, 2.24) is 10.2 Å². The van der Waals surface area contributed by atoms with E-state index < -0.39 is 5.97 Å². The van der Waals surface area contributed by atoms with E-state index >= 15 is 0 Å². The van der Waals surface area contributed by atoms with Gasteiger partial charge in [-0.2, -0.15) is 0 Å². The molecule has 0 aromatic heterocycles. The van der Waals surface area contributed by atoms with Gasteiger partial charge >= 0.3 is 5.97 Å². The van der Waals surface area contributed by atoms with Crippen LogP contribution in [0.5, 0.6) is 0 Å². The topological polar surface area (TPSA) is 52.6 Å². The largest absolute Gasteiger partial charge is 0.481 e. The first kappa shape index (κ1) is 14.5. The molecule has 2 atom stereocenters. The Morgan fingerprint density at radius 3 is 2.71 bits per heavy atom. The van der Waals surface area contributed by atoms with Crippen molar-refractivity contribution in [3.63, 3.8) is 0 Å². The van der Waals surface area contributed by atoms with Gasteiger partial charge in [0.05, 0.1) is 5.92 Å². The van der Waals surface area contributed by atoms with Gasteiger partial charge in [0.25, 0.3) is 0 Å². The van der Waals surface area contributed by atoms with Crippen molar-refractivity contribution in [2.45, 2.75) is 32.1 Å². The molecule has 17 heavy (non-hydrogen) atoms. The van der Waals surface area contributed by atoms with Crippen LogP contribution in [0.2, 0.25) is 0 Å². The van der Waals surface area contributed by atoms with Crippen molar-refractivity contribution in [3.8, 4) is 0 Å².